The Kier molecular flexibility index (Phi) is 8.26. The summed E-state index contributed by atoms with van der Waals surface area (Å²) in [4.78, 5) is 0. The van der Waals surface area contributed by atoms with E-state index >= 15 is 0 Å². The Balaban J connectivity index is 1.72. The first-order chi connectivity index (χ1) is 16.2. The Hall–Kier alpha value is -3.42. The molecule has 0 atom stereocenters. The van der Waals surface area contributed by atoms with Crippen LogP contribution in [0.1, 0.15) is 37.3 Å². The van der Waals surface area contributed by atoms with Crippen LogP contribution in [0, 0.1) is 11.6 Å². The summed E-state index contributed by atoms with van der Waals surface area (Å²) >= 11 is 0. The van der Waals surface area contributed by atoms with E-state index in [-0.39, 0.29) is 6.26 Å². The van der Waals surface area contributed by atoms with Crippen molar-refractivity contribution in [3.05, 3.63) is 95.8 Å². The molecular weight excluding hydrogens is 458 g/mol. The molecule has 180 valence electrons. The molecule has 3 aromatic rings. The number of alkyl halides is 2. The van der Waals surface area contributed by atoms with Crippen LogP contribution in [0.15, 0.2) is 73.0 Å². The number of unbranched alkanes of at least 4 members (excludes halogenated alkanes) is 2. The number of benzene rings is 3. The summed E-state index contributed by atoms with van der Waals surface area (Å²) in [7, 11) is 0. The Morgan fingerprint density at radius 3 is 1.94 bits per heavy atom. The summed E-state index contributed by atoms with van der Waals surface area (Å²) in [6.07, 6.45) is -2.01. The highest BCUT2D eigenvalue weighted by atomic mass is 19.3. The van der Waals surface area contributed by atoms with Crippen LogP contribution in [0.2, 0.25) is 0 Å². The molecule has 0 heterocycles. The number of hydrogen-bond acceptors (Lipinski definition) is 2. The average molecular weight is 480 g/mol. The fraction of sp³-hybridized carbons (Fsp3) is 0.231. The molecule has 0 amide bonds. The van der Waals surface area contributed by atoms with Gasteiger partial charge < -0.3 is 9.47 Å². The van der Waals surface area contributed by atoms with Crippen LogP contribution in [0.3, 0.4) is 0 Å². The van der Waals surface area contributed by atoms with E-state index < -0.39 is 40.9 Å². The van der Waals surface area contributed by atoms with Crippen LogP contribution in [-0.4, -0.2) is 0 Å². The van der Waals surface area contributed by atoms with Gasteiger partial charge in [-0.2, -0.15) is 17.6 Å². The molecule has 0 bridgehead atoms. The molecule has 0 spiro atoms. The first-order valence-electron chi connectivity index (χ1n) is 10.6. The lowest BCUT2D eigenvalue weighted by atomic mass is 10.0. The minimum absolute atomic E-state index is 0.168. The molecule has 2 nitrogen and oxygen atoms in total. The van der Waals surface area contributed by atoms with E-state index in [9.17, 15) is 26.3 Å². The third-order valence-electron chi connectivity index (χ3n) is 5.06. The molecule has 0 fully saturated rings. The van der Waals surface area contributed by atoms with Crippen molar-refractivity contribution in [2.75, 3.05) is 0 Å². The van der Waals surface area contributed by atoms with Crippen molar-refractivity contribution in [3.8, 4) is 22.6 Å². The Bertz CT molecular complexity index is 1100. The number of hydrogen-bond donors (Lipinski definition) is 0. The maximum atomic E-state index is 14.6. The van der Waals surface area contributed by atoms with E-state index in [2.05, 4.69) is 16.4 Å². The van der Waals surface area contributed by atoms with Gasteiger partial charge in [0, 0.05) is 12.1 Å². The first kappa shape index (κ1) is 25.2. The number of halogens is 6. The van der Waals surface area contributed by atoms with Crippen molar-refractivity contribution in [2.24, 2.45) is 0 Å². The Morgan fingerprint density at radius 1 is 0.853 bits per heavy atom. The zero-order chi connectivity index (χ0) is 24.7. The molecule has 3 rings (SSSR count). The fourth-order valence-electron chi connectivity index (χ4n) is 3.32. The van der Waals surface area contributed by atoms with Crippen molar-refractivity contribution < 1.29 is 35.8 Å². The predicted molar refractivity (Wildman–Crippen MR) is 117 cm³/mol. The molecule has 0 aliphatic heterocycles. The highest BCUT2D eigenvalue weighted by Crippen LogP contribution is 2.35. The monoisotopic (exact) mass is 480 g/mol. The van der Waals surface area contributed by atoms with Crippen LogP contribution in [-0.2, 0) is 12.5 Å². The maximum Gasteiger partial charge on any atom is 0.426 e. The Labute approximate surface area is 193 Å². The van der Waals surface area contributed by atoms with Gasteiger partial charge in [-0.1, -0.05) is 56.2 Å². The van der Waals surface area contributed by atoms with E-state index in [0.29, 0.717) is 17.7 Å². The van der Waals surface area contributed by atoms with Crippen molar-refractivity contribution in [1.29, 1.82) is 0 Å². The minimum Gasteiger partial charge on any atom is -0.453 e. The lowest BCUT2D eigenvalue weighted by Gasteiger charge is -2.19. The van der Waals surface area contributed by atoms with Crippen LogP contribution in [0.5, 0.6) is 11.5 Å². The SMILES string of the molecule is CCCCCc1ccc(-c2ccc(C(F)(F)Oc3cc(F)c(OC=C(F)F)c(F)c3)cc2)cc1. The second-order valence-corrected chi connectivity index (χ2v) is 7.59. The Morgan fingerprint density at radius 2 is 1.41 bits per heavy atom. The lowest BCUT2D eigenvalue weighted by Crippen LogP contribution is -2.22. The number of rotatable bonds is 10. The normalized spacial score (nSPS) is 11.3. The predicted octanol–water partition coefficient (Wildman–Crippen LogP) is 8.61. The molecule has 8 heteroatoms. The van der Waals surface area contributed by atoms with Gasteiger partial charge in [-0.05, 0) is 41.7 Å². The highest BCUT2D eigenvalue weighted by Gasteiger charge is 2.35. The summed E-state index contributed by atoms with van der Waals surface area (Å²) < 4.78 is 89.8. The van der Waals surface area contributed by atoms with Gasteiger partial charge in [0.2, 0.25) is 0 Å². The van der Waals surface area contributed by atoms with Crippen molar-refractivity contribution in [1.82, 2.24) is 0 Å². The molecule has 0 N–H and O–H groups in total. The van der Waals surface area contributed by atoms with E-state index in [1.807, 2.05) is 24.3 Å². The molecule has 0 aliphatic carbocycles. The maximum absolute atomic E-state index is 14.6. The van der Waals surface area contributed by atoms with E-state index in [4.69, 9.17) is 0 Å². The molecule has 0 unspecified atom stereocenters. The van der Waals surface area contributed by atoms with Crippen molar-refractivity contribution in [3.63, 3.8) is 0 Å². The summed E-state index contributed by atoms with van der Waals surface area (Å²) in [5.41, 5.74) is 2.24. The molecule has 0 aliphatic rings. The standard InChI is InChI=1S/C26H22F6O2/c1-2-3-4-5-17-6-8-18(9-7-17)19-10-12-20(13-11-19)26(31,32)34-21-14-22(27)25(23(28)15-21)33-16-24(29)30/h6-16H,2-5H2,1H3. The summed E-state index contributed by atoms with van der Waals surface area (Å²) in [5, 5.41) is 0. The average Bonchev–Trinajstić information content (AvgIpc) is 2.79. The van der Waals surface area contributed by atoms with E-state index in [1.165, 1.54) is 17.7 Å². The van der Waals surface area contributed by atoms with Crippen LogP contribution in [0.4, 0.5) is 26.3 Å². The van der Waals surface area contributed by atoms with Gasteiger partial charge in [-0.3, -0.25) is 0 Å². The third-order valence-corrected chi connectivity index (χ3v) is 5.06. The smallest absolute Gasteiger partial charge is 0.426 e. The zero-order valence-electron chi connectivity index (χ0n) is 18.3. The van der Waals surface area contributed by atoms with E-state index in [0.717, 1.165) is 43.4 Å². The molecule has 0 saturated carbocycles. The number of ether oxygens (including phenoxy) is 2. The molecule has 0 aromatic heterocycles. The largest absolute Gasteiger partial charge is 0.453 e. The number of aryl methyl sites for hydroxylation is 1. The molecule has 0 saturated heterocycles. The van der Waals surface area contributed by atoms with Crippen LogP contribution >= 0.6 is 0 Å². The second kappa shape index (κ2) is 11.1. The molecule has 0 radical (unpaired) electrons. The van der Waals surface area contributed by atoms with Gasteiger partial charge >= 0.3 is 12.2 Å². The second-order valence-electron chi connectivity index (χ2n) is 7.59. The van der Waals surface area contributed by atoms with Gasteiger partial charge in [0.1, 0.15) is 5.75 Å². The van der Waals surface area contributed by atoms with Gasteiger partial charge in [0.05, 0.1) is 5.56 Å². The quantitative estimate of drug-likeness (QED) is 0.164. The zero-order valence-corrected chi connectivity index (χ0v) is 18.3. The molecule has 3 aromatic carbocycles. The molecular formula is C26H22F6O2. The summed E-state index contributed by atoms with van der Waals surface area (Å²) in [6, 6.07) is 14.0. The van der Waals surface area contributed by atoms with Gasteiger partial charge in [-0.15, -0.1) is 0 Å². The minimum atomic E-state index is -3.91. The van der Waals surface area contributed by atoms with Crippen LogP contribution in [0.25, 0.3) is 11.1 Å². The van der Waals surface area contributed by atoms with Crippen LogP contribution < -0.4 is 9.47 Å². The van der Waals surface area contributed by atoms with Gasteiger partial charge in [0.15, 0.2) is 23.6 Å². The lowest BCUT2D eigenvalue weighted by molar-refractivity contribution is -0.185. The molecule has 34 heavy (non-hydrogen) atoms. The first-order valence-corrected chi connectivity index (χ1v) is 10.6. The van der Waals surface area contributed by atoms with Gasteiger partial charge in [0.25, 0.3) is 0 Å². The van der Waals surface area contributed by atoms with Gasteiger partial charge in [-0.25, -0.2) is 8.78 Å². The van der Waals surface area contributed by atoms with Crippen molar-refractivity contribution >= 4 is 0 Å². The summed E-state index contributed by atoms with van der Waals surface area (Å²) in [5.74, 6) is -4.95. The highest BCUT2D eigenvalue weighted by molar-refractivity contribution is 5.64. The summed E-state index contributed by atoms with van der Waals surface area (Å²) in [6.45, 7) is 2.14. The third kappa shape index (κ3) is 6.56. The van der Waals surface area contributed by atoms with E-state index in [1.54, 1.807) is 0 Å². The van der Waals surface area contributed by atoms with Crippen molar-refractivity contribution in [2.45, 2.75) is 38.7 Å². The topological polar surface area (TPSA) is 18.5 Å². The fourth-order valence-corrected chi connectivity index (χ4v) is 3.32.